The number of nitro groups is 1. The predicted octanol–water partition coefficient (Wildman–Crippen LogP) is 2.82. The summed E-state index contributed by atoms with van der Waals surface area (Å²) in [4.78, 5) is 34.0. The topological polar surface area (TPSA) is 111 Å². The van der Waals surface area contributed by atoms with Crippen LogP contribution in [0.4, 0.5) is 17.1 Å². The summed E-state index contributed by atoms with van der Waals surface area (Å²) in [5.41, 5.74) is 0.973. The van der Waals surface area contributed by atoms with E-state index in [0.717, 1.165) is 0 Å². The Morgan fingerprint density at radius 3 is 2.36 bits per heavy atom. The van der Waals surface area contributed by atoms with E-state index in [-0.39, 0.29) is 11.4 Å². The van der Waals surface area contributed by atoms with E-state index in [0.29, 0.717) is 11.3 Å². The molecule has 0 saturated carbocycles. The van der Waals surface area contributed by atoms with Crippen molar-refractivity contribution in [2.75, 3.05) is 17.7 Å². The molecule has 8 nitrogen and oxygen atoms in total. The summed E-state index contributed by atoms with van der Waals surface area (Å²) in [5.74, 6) is -0.875. The average molecular weight is 343 g/mol. The molecule has 0 aliphatic rings. The SMILES string of the molecule is COC(=O)c1ccc(N[C@@H](C)C(=O)Nc2ccccc2[N+](=O)[O-])cc1. The number of nitrogens with one attached hydrogen (secondary N) is 2. The minimum atomic E-state index is -0.649. The number of benzene rings is 2. The number of esters is 1. The van der Waals surface area contributed by atoms with Gasteiger partial charge in [0, 0.05) is 11.8 Å². The van der Waals surface area contributed by atoms with Crippen LogP contribution in [0.3, 0.4) is 0 Å². The fourth-order valence-electron chi connectivity index (χ4n) is 2.12. The van der Waals surface area contributed by atoms with Crippen LogP contribution < -0.4 is 10.6 Å². The van der Waals surface area contributed by atoms with Crippen LogP contribution in [0.1, 0.15) is 17.3 Å². The molecule has 0 aliphatic carbocycles. The fourth-order valence-corrected chi connectivity index (χ4v) is 2.12. The van der Waals surface area contributed by atoms with E-state index in [2.05, 4.69) is 15.4 Å². The first-order valence-corrected chi connectivity index (χ1v) is 7.41. The Bertz CT molecular complexity index is 789. The van der Waals surface area contributed by atoms with Crippen LogP contribution in [0, 0.1) is 10.1 Å². The van der Waals surface area contributed by atoms with Crippen LogP contribution in [-0.4, -0.2) is 30.0 Å². The number of carbonyl (C=O) groups excluding carboxylic acids is 2. The van der Waals surface area contributed by atoms with E-state index >= 15 is 0 Å². The highest BCUT2D eigenvalue weighted by Gasteiger charge is 2.18. The number of hydrogen-bond acceptors (Lipinski definition) is 6. The van der Waals surface area contributed by atoms with Gasteiger partial charge in [-0.3, -0.25) is 14.9 Å². The third-order valence-electron chi connectivity index (χ3n) is 3.44. The summed E-state index contributed by atoms with van der Waals surface area (Å²) >= 11 is 0. The highest BCUT2D eigenvalue weighted by atomic mass is 16.6. The largest absolute Gasteiger partial charge is 0.465 e. The molecule has 0 aliphatic heterocycles. The number of methoxy groups -OCH3 is 1. The molecule has 2 N–H and O–H groups in total. The maximum Gasteiger partial charge on any atom is 0.337 e. The Balaban J connectivity index is 2.03. The van der Waals surface area contributed by atoms with Gasteiger partial charge in [-0.25, -0.2) is 4.79 Å². The van der Waals surface area contributed by atoms with Crippen molar-refractivity contribution in [3.8, 4) is 0 Å². The lowest BCUT2D eigenvalue weighted by Gasteiger charge is -2.15. The monoisotopic (exact) mass is 343 g/mol. The van der Waals surface area contributed by atoms with Gasteiger partial charge in [0.15, 0.2) is 0 Å². The predicted molar refractivity (Wildman–Crippen MR) is 92.6 cm³/mol. The van der Waals surface area contributed by atoms with Gasteiger partial charge in [0.25, 0.3) is 5.69 Å². The first-order valence-electron chi connectivity index (χ1n) is 7.41. The van der Waals surface area contributed by atoms with Crippen molar-refractivity contribution in [3.63, 3.8) is 0 Å². The molecular weight excluding hydrogens is 326 g/mol. The number of rotatable bonds is 6. The van der Waals surface area contributed by atoms with Crippen LogP contribution in [0.25, 0.3) is 0 Å². The van der Waals surface area contributed by atoms with Crippen LogP contribution in [0.15, 0.2) is 48.5 Å². The molecule has 130 valence electrons. The van der Waals surface area contributed by atoms with E-state index in [1.165, 1.54) is 25.3 Å². The number of amides is 1. The zero-order chi connectivity index (χ0) is 18.4. The van der Waals surface area contributed by atoms with Gasteiger partial charge in [0.2, 0.25) is 5.91 Å². The van der Waals surface area contributed by atoms with Crippen molar-refractivity contribution in [2.45, 2.75) is 13.0 Å². The lowest BCUT2D eigenvalue weighted by atomic mass is 10.2. The second-order valence-electron chi connectivity index (χ2n) is 5.20. The Kier molecular flexibility index (Phi) is 5.67. The van der Waals surface area contributed by atoms with Gasteiger partial charge in [0.1, 0.15) is 11.7 Å². The average Bonchev–Trinajstić information content (AvgIpc) is 2.61. The fraction of sp³-hybridized carbons (Fsp3) is 0.176. The van der Waals surface area contributed by atoms with Gasteiger partial charge < -0.3 is 15.4 Å². The molecule has 0 aromatic heterocycles. The van der Waals surface area contributed by atoms with Crippen LogP contribution in [0.2, 0.25) is 0 Å². The molecule has 0 fully saturated rings. The summed E-state index contributed by atoms with van der Waals surface area (Å²) in [7, 11) is 1.30. The van der Waals surface area contributed by atoms with Crippen molar-refractivity contribution < 1.29 is 19.2 Å². The first kappa shape index (κ1) is 17.9. The Hall–Kier alpha value is -3.42. The van der Waals surface area contributed by atoms with Crippen LogP contribution in [-0.2, 0) is 9.53 Å². The van der Waals surface area contributed by atoms with Crippen molar-refractivity contribution in [1.29, 1.82) is 0 Å². The quantitative estimate of drug-likeness (QED) is 0.474. The zero-order valence-corrected chi connectivity index (χ0v) is 13.7. The van der Waals surface area contributed by atoms with E-state index in [4.69, 9.17) is 0 Å². The van der Waals surface area contributed by atoms with Gasteiger partial charge in [-0.1, -0.05) is 12.1 Å². The number of ether oxygens (including phenoxy) is 1. The van der Waals surface area contributed by atoms with Crippen molar-refractivity contribution in [1.82, 2.24) is 0 Å². The smallest absolute Gasteiger partial charge is 0.337 e. The molecule has 25 heavy (non-hydrogen) atoms. The van der Waals surface area contributed by atoms with Gasteiger partial charge in [-0.05, 0) is 37.3 Å². The molecule has 0 bridgehead atoms. The van der Waals surface area contributed by atoms with Gasteiger partial charge in [-0.15, -0.1) is 0 Å². The van der Waals surface area contributed by atoms with Crippen molar-refractivity contribution >= 4 is 28.9 Å². The number of anilines is 2. The van der Waals surface area contributed by atoms with Gasteiger partial charge in [0.05, 0.1) is 17.6 Å². The summed E-state index contributed by atoms with van der Waals surface area (Å²) < 4.78 is 4.61. The van der Waals surface area contributed by atoms with Crippen LogP contribution in [0.5, 0.6) is 0 Å². The number of nitrogens with zero attached hydrogens (tertiary/aromatic N) is 1. The summed E-state index contributed by atoms with van der Waals surface area (Å²) in [6.07, 6.45) is 0. The highest BCUT2D eigenvalue weighted by Crippen LogP contribution is 2.23. The lowest BCUT2D eigenvalue weighted by molar-refractivity contribution is -0.383. The molecule has 2 rings (SSSR count). The summed E-state index contributed by atoms with van der Waals surface area (Å²) in [6.45, 7) is 1.62. The lowest BCUT2D eigenvalue weighted by Crippen LogP contribution is -2.32. The molecule has 8 heteroatoms. The molecule has 0 radical (unpaired) electrons. The molecule has 2 aromatic carbocycles. The Morgan fingerprint density at radius 2 is 1.76 bits per heavy atom. The van der Waals surface area contributed by atoms with Crippen molar-refractivity contribution in [2.24, 2.45) is 0 Å². The van der Waals surface area contributed by atoms with E-state index in [1.54, 1.807) is 37.3 Å². The third kappa shape index (κ3) is 4.54. The zero-order valence-electron chi connectivity index (χ0n) is 13.7. The number of nitro benzene ring substituents is 1. The van der Waals surface area contributed by atoms with E-state index in [9.17, 15) is 19.7 Å². The van der Waals surface area contributed by atoms with Crippen LogP contribution >= 0.6 is 0 Å². The molecule has 2 aromatic rings. The van der Waals surface area contributed by atoms with Crippen molar-refractivity contribution in [3.05, 3.63) is 64.2 Å². The Labute approximate surface area is 144 Å². The van der Waals surface area contributed by atoms with Gasteiger partial charge >= 0.3 is 5.97 Å². The number of para-hydroxylation sites is 2. The second-order valence-corrected chi connectivity index (χ2v) is 5.20. The second kappa shape index (κ2) is 7.91. The summed E-state index contributed by atoms with van der Waals surface area (Å²) in [6, 6.07) is 11.7. The molecule has 0 heterocycles. The molecule has 0 unspecified atom stereocenters. The van der Waals surface area contributed by atoms with E-state index < -0.39 is 22.8 Å². The maximum atomic E-state index is 12.2. The van der Waals surface area contributed by atoms with Gasteiger partial charge in [-0.2, -0.15) is 0 Å². The standard InChI is InChI=1S/C17H17N3O5/c1-11(18-13-9-7-12(8-10-13)17(22)25-2)16(21)19-14-5-3-4-6-15(14)20(23)24/h3-11,18H,1-2H3,(H,19,21)/t11-/m0/s1. The van der Waals surface area contributed by atoms with E-state index in [1.807, 2.05) is 0 Å². The molecular formula is C17H17N3O5. The number of carbonyl (C=O) groups is 2. The molecule has 0 saturated heterocycles. The molecule has 0 spiro atoms. The minimum Gasteiger partial charge on any atom is -0.465 e. The number of hydrogen-bond donors (Lipinski definition) is 2. The molecule has 1 atom stereocenters. The molecule has 1 amide bonds. The first-order chi connectivity index (χ1) is 11.9. The minimum absolute atomic E-state index is 0.132. The Morgan fingerprint density at radius 1 is 1.12 bits per heavy atom. The highest BCUT2D eigenvalue weighted by molar-refractivity contribution is 5.98. The normalized spacial score (nSPS) is 11.3. The maximum absolute atomic E-state index is 12.2. The third-order valence-corrected chi connectivity index (χ3v) is 3.44. The summed E-state index contributed by atoms with van der Waals surface area (Å²) in [5, 5.41) is 16.5.